The molecule has 2 atom stereocenters. The van der Waals surface area contributed by atoms with Crippen LogP contribution >= 0.6 is 0 Å². The molecule has 40 heavy (non-hydrogen) atoms. The van der Waals surface area contributed by atoms with E-state index in [2.05, 4.69) is 27.6 Å². The third kappa shape index (κ3) is 6.03. The molecule has 0 aliphatic heterocycles. The number of nitrogens with zero attached hydrogens (tertiary/aromatic N) is 3. The molecule has 1 heterocycles. The molecule has 2 aromatic carbocycles. The number of hydrogen-bond donors (Lipinski definition) is 3. The molecule has 1 amide bonds. The number of nitrogens with one attached hydrogen (secondary N) is 1. The molecule has 7 heteroatoms. The van der Waals surface area contributed by atoms with Crippen molar-refractivity contribution in [1.29, 1.82) is 0 Å². The molecule has 0 spiro atoms. The lowest BCUT2D eigenvalue weighted by atomic mass is 9.98. The van der Waals surface area contributed by atoms with Crippen molar-refractivity contribution in [2.24, 2.45) is 17.8 Å². The fourth-order valence-corrected chi connectivity index (χ4v) is 6.76. The first-order valence-corrected chi connectivity index (χ1v) is 15.2. The predicted molar refractivity (Wildman–Crippen MR) is 158 cm³/mol. The van der Waals surface area contributed by atoms with E-state index in [1.165, 1.54) is 75.8 Å². The summed E-state index contributed by atoms with van der Waals surface area (Å²) >= 11 is 0. The Balaban J connectivity index is 1.40. The zero-order valence-electron chi connectivity index (χ0n) is 24.2. The minimum atomic E-state index is -0.363. The summed E-state index contributed by atoms with van der Waals surface area (Å²) in [5, 5.41) is 32.2. The van der Waals surface area contributed by atoms with E-state index in [1.54, 1.807) is 17.7 Å². The summed E-state index contributed by atoms with van der Waals surface area (Å²) in [6.07, 6.45) is 15.0. The van der Waals surface area contributed by atoms with Crippen LogP contribution in [0.3, 0.4) is 0 Å². The van der Waals surface area contributed by atoms with Gasteiger partial charge in [-0.15, -0.1) is 10.2 Å². The molecule has 0 bridgehead atoms. The van der Waals surface area contributed by atoms with Gasteiger partial charge >= 0.3 is 0 Å². The fourth-order valence-electron chi connectivity index (χ4n) is 6.76. The van der Waals surface area contributed by atoms with E-state index in [4.69, 9.17) is 0 Å². The number of carbonyl (C=O) groups excluding carboxylic acids is 1. The number of aromatic hydroxyl groups is 2. The van der Waals surface area contributed by atoms with Crippen LogP contribution in [0.1, 0.15) is 106 Å². The van der Waals surface area contributed by atoms with E-state index < -0.39 is 0 Å². The number of phenolic OH excluding ortho intramolecular Hbond substituents is 2. The van der Waals surface area contributed by atoms with Gasteiger partial charge in [-0.1, -0.05) is 77.3 Å². The van der Waals surface area contributed by atoms with Crippen molar-refractivity contribution in [3.63, 3.8) is 0 Å². The van der Waals surface area contributed by atoms with Crippen LogP contribution in [-0.2, 0) is 6.42 Å². The highest BCUT2D eigenvalue weighted by atomic mass is 16.3. The minimum Gasteiger partial charge on any atom is -0.508 e. The second-order valence-corrected chi connectivity index (χ2v) is 12.1. The van der Waals surface area contributed by atoms with Crippen molar-refractivity contribution < 1.29 is 15.0 Å². The number of carbonyl (C=O) groups is 1. The molecule has 7 nitrogen and oxygen atoms in total. The Morgan fingerprint density at radius 2 is 1.50 bits per heavy atom. The Labute approximate surface area is 238 Å². The van der Waals surface area contributed by atoms with Crippen LogP contribution in [0.2, 0.25) is 0 Å². The summed E-state index contributed by atoms with van der Waals surface area (Å²) < 4.78 is 1.68. The average Bonchev–Trinajstić information content (AvgIpc) is 3.37. The molecule has 2 aliphatic rings. The van der Waals surface area contributed by atoms with Gasteiger partial charge in [0.25, 0.3) is 5.91 Å². The van der Waals surface area contributed by atoms with Gasteiger partial charge in [-0.05, 0) is 72.3 Å². The lowest BCUT2D eigenvalue weighted by molar-refractivity contribution is 0.0950. The zero-order valence-corrected chi connectivity index (χ0v) is 24.2. The van der Waals surface area contributed by atoms with Crippen molar-refractivity contribution in [2.45, 2.75) is 90.4 Å². The molecule has 2 fully saturated rings. The third-order valence-electron chi connectivity index (χ3n) is 9.10. The lowest BCUT2D eigenvalue weighted by Gasteiger charge is -2.15. The highest BCUT2D eigenvalue weighted by Crippen LogP contribution is 2.54. The van der Waals surface area contributed by atoms with E-state index in [9.17, 15) is 15.0 Å². The second-order valence-electron chi connectivity index (χ2n) is 12.1. The monoisotopic (exact) mass is 544 g/mol. The first-order chi connectivity index (χ1) is 19.4. The quantitative estimate of drug-likeness (QED) is 0.306. The third-order valence-corrected chi connectivity index (χ3v) is 9.10. The maximum absolute atomic E-state index is 12.7. The summed E-state index contributed by atoms with van der Waals surface area (Å²) in [6, 6.07) is 11.4. The van der Waals surface area contributed by atoms with Crippen LogP contribution in [0.15, 0.2) is 36.4 Å². The normalized spacial score (nSPS) is 21.8. The fraction of sp³-hybridized carbons (Fsp3) is 0.545. The molecule has 0 radical (unpaired) electrons. The Morgan fingerprint density at radius 1 is 0.900 bits per heavy atom. The maximum Gasteiger partial charge on any atom is 0.289 e. The summed E-state index contributed by atoms with van der Waals surface area (Å²) in [5.41, 5.74) is 3.18. The molecule has 5 rings (SSSR count). The topological polar surface area (TPSA) is 100 Å². The van der Waals surface area contributed by atoms with Crippen LogP contribution in [0, 0.1) is 17.8 Å². The molecule has 2 unspecified atom stereocenters. The SMILES string of the molecule is CNC(=O)c1nnc(-c2cc(C(C)C)c(O)cc2O)n1-c1ccc(CC2C3CCCCCCCCCCC32)cc1. The molecule has 3 aromatic rings. The van der Waals surface area contributed by atoms with Gasteiger partial charge < -0.3 is 15.5 Å². The van der Waals surface area contributed by atoms with Crippen LogP contribution in [0.4, 0.5) is 0 Å². The standard InChI is InChI=1S/C33H44N4O3/c1-21(2)26-19-28(30(39)20-29(26)38)31-35-36-32(33(40)34-3)37(31)23-16-14-22(15-17-23)18-27-24-12-10-8-6-4-5-7-9-11-13-25(24)27/h14-17,19-21,24-25,27,38-39H,4-13,18H2,1-3H3,(H,34,40). The Kier molecular flexibility index (Phi) is 8.77. The molecule has 1 aromatic heterocycles. The molecule has 2 aliphatic carbocycles. The van der Waals surface area contributed by atoms with Gasteiger partial charge in [-0.3, -0.25) is 9.36 Å². The van der Waals surface area contributed by atoms with Crippen molar-refractivity contribution in [3.8, 4) is 28.6 Å². The van der Waals surface area contributed by atoms with Crippen molar-refractivity contribution in [3.05, 3.63) is 53.3 Å². The number of benzene rings is 2. The van der Waals surface area contributed by atoms with Gasteiger partial charge in [0.15, 0.2) is 5.82 Å². The number of rotatable bonds is 6. The predicted octanol–water partition coefficient (Wildman–Crippen LogP) is 7.15. The van der Waals surface area contributed by atoms with Gasteiger partial charge in [0, 0.05) is 18.8 Å². The lowest BCUT2D eigenvalue weighted by Crippen LogP contribution is -2.22. The van der Waals surface area contributed by atoms with Crippen LogP contribution in [0.5, 0.6) is 11.5 Å². The van der Waals surface area contributed by atoms with Gasteiger partial charge in [0.1, 0.15) is 11.5 Å². The molecule has 3 N–H and O–H groups in total. The first kappa shape index (κ1) is 28.2. The smallest absolute Gasteiger partial charge is 0.289 e. The summed E-state index contributed by atoms with van der Waals surface area (Å²) in [7, 11) is 1.56. The number of fused-ring (bicyclic) bond motifs is 1. The van der Waals surface area contributed by atoms with Gasteiger partial charge in [0.2, 0.25) is 5.82 Å². The molecule has 214 valence electrons. The van der Waals surface area contributed by atoms with E-state index in [0.29, 0.717) is 17.0 Å². The Hall–Kier alpha value is -3.35. The van der Waals surface area contributed by atoms with Gasteiger partial charge in [0.05, 0.1) is 5.56 Å². The van der Waals surface area contributed by atoms with Crippen molar-refractivity contribution in [1.82, 2.24) is 20.1 Å². The van der Waals surface area contributed by atoms with Crippen molar-refractivity contribution >= 4 is 5.91 Å². The number of hydrogen-bond acceptors (Lipinski definition) is 5. The highest BCUT2D eigenvalue weighted by molar-refractivity contribution is 5.92. The Morgan fingerprint density at radius 3 is 2.08 bits per heavy atom. The zero-order chi connectivity index (χ0) is 28.2. The van der Waals surface area contributed by atoms with Gasteiger partial charge in [-0.2, -0.15) is 0 Å². The van der Waals surface area contributed by atoms with E-state index >= 15 is 0 Å². The highest BCUT2D eigenvalue weighted by Gasteiger charge is 2.47. The van der Waals surface area contributed by atoms with Crippen LogP contribution in [0.25, 0.3) is 17.1 Å². The summed E-state index contributed by atoms with van der Waals surface area (Å²) in [6.45, 7) is 3.95. The Bertz CT molecular complexity index is 1300. The summed E-state index contributed by atoms with van der Waals surface area (Å²) in [4.78, 5) is 12.7. The van der Waals surface area contributed by atoms with Crippen LogP contribution in [-0.4, -0.2) is 37.9 Å². The summed E-state index contributed by atoms with van der Waals surface area (Å²) in [5.74, 6) is 2.61. The van der Waals surface area contributed by atoms with Crippen molar-refractivity contribution in [2.75, 3.05) is 7.05 Å². The second kappa shape index (κ2) is 12.4. The van der Waals surface area contributed by atoms with Crippen LogP contribution < -0.4 is 5.32 Å². The molecule has 2 saturated carbocycles. The minimum absolute atomic E-state index is 0.0302. The first-order valence-electron chi connectivity index (χ1n) is 15.2. The number of amides is 1. The number of aromatic nitrogens is 3. The number of phenols is 2. The maximum atomic E-state index is 12.7. The van der Waals surface area contributed by atoms with E-state index in [-0.39, 0.29) is 29.1 Å². The molecule has 0 saturated heterocycles. The van der Waals surface area contributed by atoms with E-state index in [1.807, 2.05) is 26.0 Å². The van der Waals surface area contributed by atoms with Gasteiger partial charge in [-0.25, -0.2) is 0 Å². The van der Waals surface area contributed by atoms with E-state index in [0.717, 1.165) is 29.9 Å². The molecular weight excluding hydrogens is 500 g/mol. The largest absolute Gasteiger partial charge is 0.508 e. The average molecular weight is 545 g/mol. The molecular formula is C33H44N4O3.